The van der Waals surface area contributed by atoms with E-state index in [1.54, 1.807) is 6.21 Å². The van der Waals surface area contributed by atoms with Crippen molar-refractivity contribution in [1.82, 2.24) is 5.32 Å². The van der Waals surface area contributed by atoms with E-state index in [1.165, 1.54) is 0 Å². The van der Waals surface area contributed by atoms with Gasteiger partial charge in [0.2, 0.25) is 5.91 Å². The number of benzene rings is 1. The van der Waals surface area contributed by atoms with Crippen molar-refractivity contribution in [3.05, 3.63) is 29.8 Å². The standard InChI is InChI=1S/C14H15N3O4S/c1-2-21-10-5-3-9(4-6-10)8-15-17-14-16-13(20)11(22-14)7-12(18)19/h3-6,8,11H,2,7H2,1H3,(H,18,19)(H,16,17,20)/b15-8+/t11-/m0/s1. The Morgan fingerprint density at radius 1 is 1.45 bits per heavy atom. The average Bonchev–Trinajstić information content (AvgIpc) is 2.81. The van der Waals surface area contributed by atoms with E-state index in [4.69, 9.17) is 9.84 Å². The molecule has 0 spiro atoms. The van der Waals surface area contributed by atoms with Crippen LogP contribution >= 0.6 is 11.8 Å². The Bertz CT molecular complexity index is 613. The lowest BCUT2D eigenvalue weighted by Gasteiger charge is -2.01. The van der Waals surface area contributed by atoms with E-state index in [-0.39, 0.29) is 12.3 Å². The summed E-state index contributed by atoms with van der Waals surface area (Å²) in [6.45, 7) is 2.52. The van der Waals surface area contributed by atoms with Crippen molar-refractivity contribution in [3.63, 3.8) is 0 Å². The van der Waals surface area contributed by atoms with Gasteiger partial charge < -0.3 is 15.2 Å². The summed E-state index contributed by atoms with van der Waals surface area (Å²) in [5.41, 5.74) is 0.837. The molecule has 1 saturated heterocycles. The minimum Gasteiger partial charge on any atom is -0.494 e. The summed E-state index contributed by atoms with van der Waals surface area (Å²) in [7, 11) is 0. The molecule has 7 nitrogen and oxygen atoms in total. The third-order valence-electron chi connectivity index (χ3n) is 2.68. The van der Waals surface area contributed by atoms with Crippen molar-refractivity contribution in [2.75, 3.05) is 6.61 Å². The minimum atomic E-state index is -1.02. The van der Waals surface area contributed by atoms with Gasteiger partial charge in [0.05, 0.1) is 19.2 Å². The normalized spacial score (nSPS) is 19.6. The second-order valence-electron chi connectivity index (χ2n) is 4.35. The number of rotatable bonds is 6. The number of nitrogens with zero attached hydrogens (tertiary/aromatic N) is 2. The number of carboxylic acid groups (broad SMARTS) is 1. The molecule has 2 rings (SSSR count). The number of ether oxygens (including phenoxy) is 1. The molecule has 1 aromatic rings. The van der Waals surface area contributed by atoms with Crippen molar-refractivity contribution >= 4 is 35.0 Å². The molecule has 0 saturated carbocycles. The molecule has 1 amide bonds. The van der Waals surface area contributed by atoms with Gasteiger partial charge in [-0.2, -0.15) is 5.10 Å². The van der Waals surface area contributed by atoms with Crippen LogP contribution in [0.15, 0.2) is 34.5 Å². The van der Waals surface area contributed by atoms with Crippen molar-refractivity contribution < 1.29 is 19.4 Å². The zero-order valence-electron chi connectivity index (χ0n) is 11.9. The lowest BCUT2D eigenvalue weighted by atomic mass is 10.2. The number of amidine groups is 1. The summed E-state index contributed by atoms with van der Waals surface area (Å²) in [4.78, 5) is 22.1. The Kier molecular flexibility index (Phi) is 5.54. The SMILES string of the molecule is CCOc1ccc(/C=N/N=C2\NC(=O)[C@H](CC(=O)O)S2)cc1. The van der Waals surface area contributed by atoms with Gasteiger partial charge in [0.15, 0.2) is 5.17 Å². The van der Waals surface area contributed by atoms with Crippen molar-refractivity contribution in [3.8, 4) is 5.75 Å². The van der Waals surface area contributed by atoms with Crippen LogP contribution in [0.5, 0.6) is 5.75 Å². The van der Waals surface area contributed by atoms with E-state index in [0.29, 0.717) is 11.8 Å². The number of aliphatic carboxylic acids is 1. The zero-order chi connectivity index (χ0) is 15.9. The van der Waals surface area contributed by atoms with Crippen molar-refractivity contribution in [1.29, 1.82) is 0 Å². The predicted molar refractivity (Wildman–Crippen MR) is 84.4 cm³/mol. The minimum absolute atomic E-state index is 0.238. The van der Waals surface area contributed by atoms with Gasteiger partial charge in [0, 0.05) is 0 Å². The fourth-order valence-corrected chi connectivity index (χ4v) is 2.63. The van der Waals surface area contributed by atoms with Gasteiger partial charge in [-0.05, 0) is 36.8 Å². The summed E-state index contributed by atoms with van der Waals surface area (Å²) >= 11 is 1.07. The molecule has 0 aromatic heterocycles. The van der Waals surface area contributed by atoms with Gasteiger partial charge in [0.25, 0.3) is 0 Å². The monoisotopic (exact) mass is 321 g/mol. The van der Waals surface area contributed by atoms with Crippen LogP contribution < -0.4 is 10.1 Å². The van der Waals surface area contributed by atoms with Crippen LogP contribution in [0.4, 0.5) is 0 Å². The molecule has 1 aromatic carbocycles. The molecule has 1 aliphatic heterocycles. The van der Waals surface area contributed by atoms with Gasteiger partial charge in [-0.3, -0.25) is 9.59 Å². The maximum atomic E-state index is 11.5. The number of hydrogen-bond donors (Lipinski definition) is 2. The molecule has 0 unspecified atom stereocenters. The predicted octanol–water partition coefficient (Wildman–Crippen LogP) is 1.48. The highest BCUT2D eigenvalue weighted by atomic mass is 32.2. The quantitative estimate of drug-likeness (QED) is 0.610. The molecular formula is C14H15N3O4S. The van der Waals surface area contributed by atoms with Gasteiger partial charge >= 0.3 is 5.97 Å². The maximum absolute atomic E-state index is 11.5. The first kappa shape index (κ1) is 16.0. The average molecular weight is 321 g/mol. The Morgan fingerprint density at radius 2 is 2.18 bits per heavy atom. The van der Waals surface area contributed by atoms with E-state index in [2.05, 4.69) is 15.5 Å². The number of carbonyl (C=O) groups is 2. The summed E-state index contributed by atoms with van der Waals surface area (Å²) in [5, 5.41) is 18.6. The van der Waals surface area contributed by atoms with Crippen LogP contribution in [0.3, 0.4) is 0 Å². The lowest BCUT2D eigenvalue weighted by molar-refractivity contribution is -0.138. The molecule has 1 aliphatic rings. The fraction of sp³-hybridized carbons (Fsp3) is 0.286. The highest BCUT2D eigenvalue weighted by molar-refractivity contribution is 8.15. The number of hydrogen-bond acceptors (Lipinski definition) is 6. The summed E-state index contributed by atoms with van der Waals surface area (Å²) in [5.74, 6) is -0.602. The van der Waals surface area contributed by atoms with Gasteiger partial charge in [0.1, 0.15) is 11.0 Å². The Hall–Kier alpha value is -2.35. The molecule has 1 fully saturated rings. The van der Waals surface area contributed by atoms with Crippen LogP contribution in [0.25, 0.3) is 0 Å². The largest absolute Gasteiger partial charge is 0.494 e. The smallest absolute Gasteiger partial charge is 0.305 e. The highest BCUT2D eigenvalue weighted by Crippen LogP contribution is 2.22. The van der Waals surface area contributed by atoms with E-state index >= 15 is 0 Å². The molecule has 0 aliphatic carbocycles. The summed E-state index contributed by atoms with van der Waals surface area (Å²) in [6, 6.07) is 7.32. The molecule has 22 heavy (non-hydrogen) atoms. The summed E-state index contributed by atoms with van der Waals surface area (Å²) < 4.78 is 5.33. The van der Waals surface area contributed by atoms with Crippen LogP contribution in [0.2, 0.25) is 0 Å². The first-order valence-corrected chi connectivity index (χ1v) is 7.49. The molecule has 0 bridgehead atoms. The summed E-state index contributed by atoms with van der Waals surface area (Å²) in [6.07, 6.45) is 1.30. The van der Waals surface area contributed by atoms with Crippen LogP contribution in [-0.4, -0.2) is 40.2 Å². The Balaban J connectivity index is 1.94. The van der Waals surface area contributed by atoms with Gasteiger partial charge in [-0.1, -0.05) is 11.8 Å². The second kappa shape index (κ2) is 7.60. The van der Waals surface area contributed by atoms with Gasteiger partial charge in [-0.15, -0.1) is 5.10 Å². The number of nitrogens with one attached hydrogen (secondary N) is 1. The number of carboxylic acids is 1. The van der Waals surface area contributed by atoms with Crippen molar-refractivity contribution in [2.45, 2.75) is 18.6 Å². The number of amides is 1. The first-order valence-electron chi connectivity index (χ1n) is 6.61. The van der Waals surface area contributed by atoms with Crippen molar-refractivity contribution in [2.24, 2.45) is 10.2 Å². The van der Waals surface area contributed by atoms with Crippen LogP contribution in [0.1, 0.15) is 18.9 Å². The van der Waals surface area contributed by atoms with Crippen LogP contribution in [0, 0.1) is 0 Å². The first-order chi connectivity index (χ1) is 10.6. The topological polar surface area (TPSA) is 100 Å². The van der Waals surface area contributed by atoms with E-state index in [1.807, 2.05) is 31.2 Å². The second-order valence-corrected chi connectivity index (χ2v) is 5.54. The van der Waals surface area contributed by atoms with E-state index in [0.717, 1.165) is 23.1 Å². The third-order valence-corrected chi connectivity index (χ3v) is 3.76. The van der Waals surface area contributed by atoms with Gasteiger partial charge in [-0.25, -0.2) is 0 Å². The molecule has 1 heterocycles. The van der Waals surface area contributed by atoms with Crippen LogP contribution in [-0.2, 0) is 9.59 Å². The fourth-order valence-electron chi connectivity index (χ4n) is 1.71. The molecule has 8 heteroatoms. The molecule has 0 radical (unpaired) electrons. The lowest BCUT2D eigenvalue weighted by Crippen LogP contribution is -2.26. The third kappa shape index (κ3) is 4.59. The Labute approximate surface area is 131 Å². The zero-order valence-corrected chi connectivity index (χ0v) is 12.7. The maximum Gasteiger partial charge on any atom is 0.305 e. The molecule has 1 atom stereocenters. The number of carbonyl (C=O) groups excluding carboxylic acids is 1. The van der Waals surface area contributed by atoms with E-state index in [9.17, 15) is 9.59 Å². The molecule has 116 valence electrons. The highest BCUT2D eigenvalue weighted by Gasteiger charge is 2.32. The van der Waals surface area contributed by atoms with E-state index < -0.39 is 11.2 Å². The molecule has 2 N–H and O–H groups in total. The number of thioether (sulfide) groups is 1. The Morgan fingerprint density at radius 3 is 2.82 bits per heavy atom. The molecular weight excluding hydrogens is 306 g/mol.